The molecule has 1 N–H and O–H groups in total. The molecular formula is C13H17ClN2OS. The van der Waals surface area contributed by atoms with Gasteiger partial charge in [0.1, 0.15) is 5.75 Å². The van der Waals surface area contributed by atoms with Crippen LogP contribution in [0.1, 0.15) is 19.3 Å². The normalized spacial score (nSPS) is 11.0. The molecule has 98 valence electrons. The molecule has 2 aromatic rings. The molecule has 0 aliphatic carbocycles. The van der Waals surface area contributed by atoms with E-state index >= 15 is 0 Å². The molecule has 0 saturated heterocycles. The number of alkyl halides is 1. The van der Waals surface area contributed by atoms with Crippen molar-refractivity contribution in [3.63, 3.8) is 0 Å². The van der Waals surface area contributed by atoms with Crippen LogP contribution in [0.5, 0.6) is 5.75 Å². The lowest BCUT2D eigenvalue weighted by Crippen LogP contribution is -1.83. The van der Waals surface area contributed by atoms with E-state index in [1.54, 1.807) is 18.9 Å². The zero-order chi connectivity index (χ0) is 12.8. The van der Waals surface area contributed by atoms with Crippen molar-refractivity contribution in [3.8, 4) is 5.75 Å². The third-order valence-corrected chi connectivity index (χ3v) is 3.91. The van der Waals surface area contributed by atoms with E-state index < -0.39 is 0 Å². The van der Waals surface area contributed by atoms with E-state index in [1.165, 1.54) is 12.8 Å². The third kappa shape index (κ3) is 3.56. The number of unbranched alkanes of at least 4 members (excludes halogenated alkanes) is 2. The Morgan fingerprint density at radius 1 is 1.33 bits per heavy atom. The number of nitrogens with zero attached hydrogens (tertiary/aromatic N) is 1. The molecular weight excluding hydrogens is 268 g/mol. The summed E-state index contributed by atoms with van der Waals surface area (Å²) in [5.74, 6) is 2.69. The van der Waals surface area contributed by atoms with Crippen LogP contribution in [0.4, 0.5) is 0 Å². The number of imidazole rings is 1. The van der Waals surface area contributed by atoms with Gasteiger partial charge in [-0.3, -0.25) is 0 Å². The van der Waals surface area contributed by atoms with Crippen LogP contribution < -0.4 is 4.74 Å². The predicted octanol–water partition coefficient (Wildman–Crippen LogP) is 4.07. The molecule has 5 heteroatoms. The molecule has 0 atom stereocenters. The Morgan fingerprint density at radius 2 is 2.22 bits per heavy atom. The summed E-state index contributed by atoms with van der Waals surface area (Å²) >= 11 is 7.40. The number of H-pyrrole nitrogens is 1. The molecule has 0 radical (unpaired) electrons. The average Bonchev–Trinajstić information content (AvgIpc) is 2.80. The smallest absolute Gasteiger partial charge is 0.166 e. The molecule has 18 heavy (non-hydrogen) atoms. The van der Waals surface area contributed by atoms with E-state index in [1.807, 2.05) is 18.2 Å². The quantitative estimate of drug-likeness (QED) is 0.473. The minimum atomic E-state index is 0.759. The predicted molar refractivity (Wildman–Crippen MR) is 77.9 cm³/mol. The van der Waals surface area contributed by atoms with Gasteiger partial charge in [-0.15, -0.1) is 11.6 Å². The molecule has 0 spiro atoms. The maximum absolute atomic E-state index is 5.64. The first-order valence-corrected chi connectivity index (χ1v) is 7.58. The second kappa shape index (κ2) is 6.90. The maximum atomic E-state index is 5.64. The van der Waals surface area contributed by atoms with Gasteiger partial charge in [0, 0.05) is 17.7 Å². The highest BCUT2D eigenvalue weighted by Crippen LogP contribution is 2.23. The summed E-state index contributed by atoms with van der Waals surface area (Å²) in [4.78, 5) is 7.84. The summed E-state index contributed by atoms with van der Waals surface area (Å²) in [7, 11) is 1.67. The van der Waals surface area contributed by atoms with Crippen molar-refractivity contribution in [2.24, 2.45) is 0 Å². The van der Waals surface area contributed by atoms with Crippen LogP contribution in [-0.2, 0) is 0 Å². The Hall–Kier alpha value is -0.870. The van der Waals surface area contributed by atoms with Gasteiger partial charge in [-0.05, 0) is 25.0 Å². The van der Waals surface area contributed by atoms with Crippen molar-refractivity contribution >= 4 is 34.4 Å². The third-order valence-electron chi connectivity index (χ3n) is 2.68. The largest absolute Gasteiger partial charge is 0.497 e. The fourth-order valence-electron chi connectivity index (χ4n) is 1.70. The van der Waals surface area contributed by atoms with Crippen LogP contribution in [0.15, 0.2) is 23.4 Å². The highest BCUT2D eigenvalue weighted by atomic mass is 35.5. The molecule has 0 aliphatic rings. The highest BCUT2D eigenvalue weighted by molar-refractivity contribution is 7.99. The summed E-state index contributed by atoms with van der Waals surface area (Å²) in [6.45, 7) is 0. The van der Waals surface area contributed by atoms with Crippen LogP contribution in [0.3, 0.4) is 0 Å². The van der Waals surface area contributed by atoms with Crippen LogP contribution in [0.25, 0.3) is 11.0 Å². The molecule has 0 aliphatic heterocycles. The van der Waals surface area contributed by atoms with Crippen molar-refractivity contribution in [2.45, 2.75) is 24.4 Å². The van der Waals surface area contributed by atoms with Crippen molar-refractivity contribution in [2.75, 3.05) is 18.7 Å². The number of ether oxygens (including phenoxy) is 1. The van der Waals surface area contributed by atoms with E-state index in [-0.39, 0.29) is 0 Å². The highest BCUT2D eigenvalue weighted by Gasteiger charge is 2.04. The Labute approximate surface area is 116 Å². The molecule has 3 nitrogen and oxygen atoms in total. The summed E-state index contributed by atoms with van der Waals surface area (Å²) < 4.78 is 5.19. The van der Waals surface area contributed by atoms with Crippen LogP contribution in [0.2, 0.25) is 0 Å². The molecule has 1 aromatic carbocycles. The topological polar surface area (TPSA) is 37.9 Å². The molecule has 0 unspecified atom stereocenters. The first-order valence-electron chi connectivity index (χ1n) is 6.06. The second-order valence-corrected chi connectivity index (χ2v) is 5.48. The Bertz CT molecular complexity index is 501. The Balaban J connectivity index is 1.93. The van der Waals surface area contributed by atoms with Crippen molar-refractivity contribution in [1.82, 2.24) is 9.97 Å². The van der Waals surface area contributed by atoms with Gasteiger partial charge in [-0.2, -0.15) is 0 Å². The van der Waals surface area contributed by atoms with E-state index in [0.717, 1.165) is 40.0 Å². The number of nitrogens with one attached hydrogen (secondary N) is 1. The molecule has 0 saturated carbocycles. The SMILES string of the molecule is COc1ccc2nc(SCCCCCCl)[nH]c2c1. The van der Waals surface area contributed by atoms with E-state index in [9.17, 15) is 0 Å². The Morgan fingerprint density at radius 3 is 3.00 bits per heavy atom. The van der Waals surface area contributed by atoms with Crippen molar-refractivity contribution < 1.29 is 4.74 Å². The van der Waals surface area contributed by atoms with Crippen LogP contribution in [-0.4, -0.2) is 28.7 Å². The monoisotopic (exact) mass is 284 g/mol. The first kappa shape index (κ1) is 13.6. The van der Waals surface area contributed by atoms with Gasteiger partial charge in [0.25, 0.3) is 0 Å². The van der Waals surface area contributed by atoms with Crippen molar-refractivity contribution in [3.05, 3.63) is 18.2 Å². The van der Waals surface area contributed by atoms with Crippen LogP contribution >= 0.6 is 23.4 Å². The summed E-state index contributed by atoms with van der Waals surface area (Å²) in [6.07, 6.45) is 3.46. The lowest BCUT2D eigenvalue weighted by Gasteiger charge is -1.97. The fraction of sp³-hybridized carbons (Fsp3) is 0.462. The number of aromatic amines is 1. The number of aromatic nitrogens is 2. The number of rotatable bonds is 7. The number of hydrogen-bond acceptors (Lipinski definition) is 3. The molecule has 0 amide bonds. The zero-order valence-electron chi connectivity index (χ0n) is 10.4. The minimum Gasteiger partial charge on any atom is -0.497 e. The maximum Gasteiger partial charge on any atom is 0.166 e. The zero-order valence-corrected chi connectivity index (χ0v) is 12.0. The summed E-state index contributed by atoms with van der Waals surface area (Å²) in [5.41, 5.74) is 2.01. The van der Waals surface area contributed by atoms with Gasteiger partial charge in [-0.25, -0.2) is 4.98 Å². The van der Waals surface area contributed by atoms with E-state index in [4.69, 9.17) is 16.3 Å². The van der Waals surface area contributed by atoms with Gasteiger partial charge >= 0.3 is 0 Å². The second-order valence-electron chi connectivity index (χ2n) is 4.02. The summed E-state index contributed by atoms with van der Waals surface area (Å²) in [6, 6.07) is 5.88. The first-order chi connectivity index (χ1) is 8.83. The molecule has 0 bridgehead atoms. The lowest BCUT2D eigenvalue weighted by molar-refractivity contribution is 0.415. The van der Waals surface area contributed by atoms with Gasteiger partial charge in [0.2, 0.25) is 0 Å². The van der Waals surface area contributed by atoms with Crippen molar-refractivity contribution in [1.29, 1.82) is 0 Å². The molecule has 1 heterocycles. The van der Waals surface area contributed by atoms with Gasteiger partial charge in [-0.1, -0.05) is 18.2 Å². The van der Waals surface area contributed by atoms with E-state index in [0.29, 0.717) is 0 Å². The molecule has 2 rings (SSSR count). The number of hydrogen-bond donors (Lipinski definition) is 1. The average molecular weight is 285 g/mol. The van der Waals surface area contributed by atoms with Crippen LogP contribution in [0, 0.1) is 0 Å². The number of methoxy groups -OCH3 is 1. The number of thioether (sulfide) groups is 1. The fourth-order valence-corrected chi connectivity index (χ4v) is 2.78. The van der Waals surface area contributed by atoms with E-state index in [2.05, 4.69) is 9.97 Å². The lowest BCUT2D eigenvalue weighted by atomic mass is 10.3. The number of benzene rings is 1. The molecule has 1 aromatic heterocycles. The number of halogens is 1. The summed E-state index contributed by atoms with van der Waals surface area (Å²) in [5, 5.41) is 0.976. The van der Waals surface area contributed by atoms with Gasteiger partial charge < -0.3 is 9.72 Å². The number of fused-ring (bicyclic) bond motifs is 1. The molecule has 0 fully saturated rings. The Kier molecular flexibility index (Phi) is 5.20. The van der Waals surface area contributed by atoms with Gasteiger partial charge in [0.15, 0.2) is 5.16 Å². The van der Waals surface area contributed by atoms with Gasteiger partial charge in [0.05, 0.1) is 18.1 Å². The standard InChI is InChI=1S/C13H17ClN2OS/c1-17-10-5-6-11-12(9-10)16-13(15-11)18-8-4-2-3-7-14/h5-6,9H,2-4,7-8H2,1H3,(H,15,16). The minimum absolute atomic E-state index is 0.759.